The van der Waals surface area contributed by atoms with Crippen LogP contribution >= 0.6 is 34.8 Å². The van der Waals surface area contributed by atoms with Crippen molar-refractivity contribution in [1.29, 1.82) is 0 Å². The molecule has 0 aliphatic carbocycles. The third-order valence-electron chi connectivity index (χ3n) is 4.45. The number of nitrogens with zero attached hydrogens (tertiary/aromatic N) is 2. The maximum absolute atomic E-state index is 6.20. The van der Waals surface area contributed by atoms with Crippen LogP contribution in [0.2, 0.25) is 10.0 Å². The van der Waals surface area contributed by atoms with Crippen molar-refractivity contribution >= 4 is 45.8 Å². The third-order valence-corrected chi connectivity index (χ3v) is 5.36. The fourth-order valence-corrected chi connectivity index (χ4v) is 3.55. The predicted octanol–water partition coefficient (Wildman–Crippen LogP) is 4.65. The van der Waals surface area contributed by atoms with Gasteiger partial charge in [0.1, 0.15) is 5.82 Å². The molecular formula is C15H17Cl3N2O. The molecule has 0 N–H and O–H groups in total. The van der Waals surface area contributed by atoms with Crippen molar-refractivity contribution in [2.75, 3.05) is 12.5 Å². The molecule has 6 heteroatoms. The van der Waals surface area contributed by atoms with Crippen LogP contribution in [0, 0.1) is 0 Å². The topological polar surface area (TPSA) is 27.1 Å². The van der Waals surface area contributed by atoms with Gasteiger partial charge in [-0.1, -0.05) is 23.2 Å². The summed E-state index contributed by atoms with van der Waals surface area (Å²) in [6.07, 6.45) is 1.75. The molecule has 3 nitrogen and oxygen atoms in total. The normalized spacial score (nSPS) is 25.9. The van der Waals surface area contributed by atoms with Crippen LogP contribution in [0.1, 0.15) is 26.1 Å². The molecule has 1 fully saturated rings. The fourth-order valence-electron chi connectivity index (χ4n) is 3.06. The molecule has 2 heterocycles. The monoisotopic (exact) mass is 346 g/mol. The Morgan fingerprint density at radius 2 is 2.10 bits per heavy atom. The van der Waals surface area contributed by atoms with Crippen molar-refractivity contribution in [3.05, 3.63) is 28.0 Å². The molecule has 1 aliphatic heterocycles. The molecular weight excluding hydrogens is 331 g/mol. The van der Waals surface area contributed by atoms with Gasteiger partial charge in [-0.3, -0.25) is 0 Å². The van der Waals surface area contributed by atoms with E-state index in [0.717, 1.165) is 29.9 Å². The lowest BCUT2D eigenvalue weighted by molar-refractivity contribution is 0.0764. The van der Waals surface area contributed by atoms with E-state index in [-0.39, 0.29) is 11.6 Å². The number of benzene rings is 1. The highest BCUT2D eigenvalue weighted by Gasteiger charge is 2.41. The first-order valence-corrected chi connectivity index (χ1v) is 8.31. The zero-order valence-corrected chi connectivity index (χ0v) is 14.3. The first kappa shape index (κ1) is 15.4. The summed E-state index contributed by atoms with van der Waals surface area (Å²) in [6, 6.07) is 3.71. The molecule has 1 aliphatic rings. The maximum Gasteiger partial charge on any atom is 0.111 e. The third kappa shape index (κ3) is 2.44. The van der Waals surface area contributed by atoms with Crippen molar-refractivity contribution in [3.63, 3.8) is 0 Å². The number of aromatic nitrogens is 2. The van der Waals surface area contributed by atoms with Gasteiger partial charge in [0.25, 0.3) is 0 Å². The van der Waals surface area contributed by atoms with Crippen LogP contribution in [-0.4, -0.2) is 28.1 Å². The lowest BCUT2D eigenvalue weighted by Gasteiger charge is -2.32. The number of rotatable bonds is 3. The summed E-state index contributed by atoms with van der Waals surface area (Å²) in [5, 5.41) is 1.06. The zero-order valence-electron chi connectivity index (χ0n) is 12.0. The van der Waals surface area contributed by atoms with Crippen LogP contribution < -0.4 is 0 Å². The van der Waals surface area contributed by atoms with Gasteiger partial charge < -0.3 is 9.30 Å². The van der Waals surface area contributed by atoms with Gasteiger partial charge >= 0.3 is 0 Å². The SMILES string of the molecule is CC1OCCC1(C)n1c(CCCl)nc2cc(Cl)c(Cl)cc21. The van der Waals surface area contributed by atoms with Crippen molar-refractivity contribution in [2.24, 2.45) is 0 Å². The highest BCUT2D eigenvalue weighted by atomic mass is 35.5. The molecule has 1 saturated heterocycles. The number of hydrogen-bond acceptors (Lipinski definition) is 2. The molecule has 3 rings (SSSR count). The van der Waals surface area contributed by atoms with Crippen LogP contribution in [0.25, 0.3) is 11.0 Å². The highest BCUT2D eigenvalue weighted by Crippen LogP contribution is 2.39. The summed E-state index contributed by atoms with van der Waals surface area (Å²) in [4.78, 5) is 4.71. The summed E-state index contributed by atoms with van der Waals surface area (Å²) in [5.41, 5.74) is 1.70. The second kappa shape index (κ2) is 5.62. The minimum atomic E-state index is -0.146. The van der Waals surface area contributed by atoms with Gasteiger partial charge in [-0.05, 0) is 32.4 Å². The lowest BCUT2D eigenvalue weighted by Crippen LogP contribution is -2.38. The summed E-state index contributed by atoms with van der Waals surface area (Å²) in [5.74, 6) is 1.48. The number of halogens is 3. The number of imidazole rings is 1. The van der Waals surface area contributed by atoms with E-state index in [2.05, 4.69) is 18.4 Å². The quantitative estimate of drug-likeness (QED) is 0.756. The Bertz CT molecular complexity index is 685. The van der Waals surface area contributed by atoms with Gasteiger partial charge in [0, 0.05) is 18.9 Å². The number of alkyl halides is 1. The molecule has 0 saturated carbocycles. The van der Waals surface area contributed by atoms with Crippen molar-refractivity contribution in [2.45, 2.75) is 38.3 Å². The Labute approximate surface area is 139 Å². The van der Waals surface area contributed by atoms with Crippen LogP contribution in [0.3, 0.4) is 0 Å². The molecule has 0 bridgehead atoms. The molecule has 0 radical (unpaired) electrons. The van der Waals surface area contributed by atoms with Crippen LogP contribution in [-0.2, 0) is 16.7 Å². The summed E-state index contributed by atoms with van der Waals surface area (Å²) in [7, 11) is 0. The largest absolute Gasteiger partial charge is 0.376 e. The minimum Gasteiger partial charge on any atom is -0.376 e. The van der Waals surface area contributed by atoms with E-state index in [1.54, 1.807) is 0 Å². The second-order valence-electron chi connectivity index (χ2n) is 5.68. The Balaban J connectivity index is 2.27. The van der Waals surface area contributed by atoms with Crippen LogP contribution in [0.5, 0.6) is 0 Å². The zero-order chi connectivity index (χ0) is 15.2. The van der Waals surface area contributed by atoms with Gasteiger partial charge in [0.15, 0.2) is 0 Å². The molecule has 2 atom stereocenters. The first-order chi connectivity index (χ1) is 9.97. The molecule has 1 aromatic carbocycles. The summed E-state index contributed by atoms with van der Waals surface area (Å²) < 4.78 is 8.03. The standard InChI is InChI=1S/C15H17Cl3N2O/c1-9-15(2,4-6-21-9)20-13-8-11(18)10(17)7-12(13)19-14(20)3-5-16/h7-9H,3-6H2,1-2H3. The summed E-state index contributed by atoms with van der Waals surface area (Å²) in [6.45, 7) is 5.05. The minimum absolute atomic E-state index is 0.110. The molecule has 21 heavy (non-hydrogen) atoms. The molecule has 2 aromatic rings. The predicted molar refractivity (Wildman–Crippen MR) is 87.9 cm³/mol. The number of ether oxygens (including phenoxy) is 1. The van der Waals surface area contributed by atoms with E-state index in [1.165, 1.54) is 0 Å². The van der Waals surface area contributed by atoms with Crippen LogP contribution in [0.15, 0.2) is 12.1 Å². The Hall–Kier alpha value is -0.480. The van der Waals surface area contributed by atoms with Gasteiger partial charge in [-0.15, -0.1) is 11.6 Å². The average Bonchev–Trinajstić information content (AvgIpc) is 2.93. The summed E-state index contributed by atoms with van der Waals surface area (Å²) >= 11 is 18.3. The van der Waals surface area contributed by atoms with Crippen LogP contribution in [0.4, 0.5) is 0 Å². The Kier molecular flexibility index (Phi) is 4.12. The number of aryl methyl sites for hydroxylation is 1. The molecule has 1 aromatic heterocycles. The van der Waals surface area contributed by atoms with Crippen molar-refractivity contribution in [3.8, 4) is 0 Å². The highest BCUT2D eigenvalue weighted by molar-refractivity contribution is 6.42. The number of fused-ring (bicyclic) bond motifs is 1. The second-order valence-corrected chi connectivity index (χ2v) is 6.87. The van der Waals surface area contributed by atoms with Crippen molar-refractivity contribution in [1.82, 2.24) is 9.55 Å². The van der Waals surface area contributed by atoms with Gasteiger partial charge in [-0.25, -0.2) is 4.98 Å². The number of hydrogen-bond donors (Lipinski definition) is 0. The lowest BCUT2D eigenvalue weighted by atomic mass is 9.93. The van der Waals surface area contributed by atoms with E-state index in [4.69, 9.17) is 44.5 Å². The van der Waals surface area contributed by atoms with E-state index >= 15 is 0 Å². The average molecular weight is 348 g/mol. The molecule has 0 amide bonds. The smallest absolute Gasteiger partial charge is 0.111 e. The Morgan fingerprint density at radius 1 is 1.38 bits per heavy atom. The van der Waals surface area contributed by atoms with Gasteiger partial charge in [0.2, 0.25) is 0 Å². The Morgan fingerprint density at radius 3 is 2.71 bits per heavy atom. The van der Waals surface area contributed by atoms with E-state index in [0.29, 0.717) is 22.3 Å². The van der Waals surface area contributed by atoms with E-state index in [1.807, 2.05) is 12.1 Å². The van der Waals surface area contributed by atoms with Crippen molar-refractivity contribution < 1.29 is 4.74 Å². The van der Waals surface area contributed by atoms with Gasteiger partial charge in [0.05, 0.1) is 32.7 Å². The first-order valence-electron chi connectivity index (χ1n) is 7.02. The molecule has 114 valence electrons. The maximum atomic E-state index is 6.20. The fraction of sp³-hybridized carbons (Fsp3) is 0.533. The van der Waals surface area contributed by atoms with E-state index in [9.17, 15) is 0 Å². The molecule has 0 spiro atoms. The van der Waals surface area contributed by atoms with Gasteiger partial charge in [-0.2, -0.15) is 0 Å². The van der Waals surface area contributed by atoms with E-state index < -0.39 is 0 Å². The molecule has 2 unspecified atom stereocenters.